The van der Waals surface area contributed by atoms with Crippen LogP contribution >= 0.6 is 27.5 Å². The van der Waals surface area contributed by atoms with Gasteiger partial charge in [-0.1, -0.05) is 54.1 Å². The van der Waals surface area contributed by atoms with Gasteiger partial charge in [-0.3, -0.25) is 0 Å². The third-order valence-electron chi connectivity index (χ3n) is 3.60. The van der Waals surface area contributed by atoms with Crippen molar-refractivity contribution in [3.05, 3.63) is 75.2 Å². The summed E-state index contributed by atoms with van der Waals surface area (Å²) in [5, 5.41) is 6.78. The number of aryl methyl sites for hydroxylation is 1. The number of rotatable bonds is 3. The second-order valence-corrected chi connectivity index (χ2v) is 6.33. The van der Waals surface area contributed by atoms with Crippen molar-refractivity contribution in [3.8, 4) is 0 Å². The Morgan fingerprint density at radius 3 is 2.67 bits per heavy atom. The van der Waals surface area contributed by atoms with E-state index in [0.29, 0.717) is 0 Å². The lowest BCUT2D eigenvalue weighted by Crippen LogP contribution is -2.01. The van der Waals surface area contributed by atoms with Crippen LogP contribution in [0.2, 0.25) is 5.02 Å². The summed E-state index contributed by atoms with van der Waals surface area (Å²) in [6, 6.07) is 18.8. The summed E-state index contributed by atoms with van der Waals surface area (Å²) >= 11 is 9.79. The molecule has 1 nitrogen and oxygen atoms in total. The fourth-order valence-corrected chi connectivity index (χ4v) is 3.18. The molecular weight excluding hydrogens is 346 g/mol. The Morgan fingerprint density at radius 2 is 1.81 bits per heavy atom. The molecule has 0 spiro atoms. The average molecular weight is 361 g/mol. The van der Waals surface area contributed by atoms with Gasteiger partial charge in [-0.25, -0.2) is 0 Å². The number of hydrogen-bond donors (Lipinski definition) is 1. The van der Waals surface area contributed by atoms with E-state index < -0.39 is 0 Å². The second-order valence-electron chi connectivity index (χ2n) is 5.07. The molecule has 3 aromatic carbocycles. The van der Waals surface area contributed by atoms with Crippen molar-refractivity contribution in [2.45, 2.75) is 13.5 Å². The molecule has 0 amide bonds. The molecule has 3 rings (SSSR count). The van der Waals surface area contributed by atoms with Crippen molar-refractivity contribution in [3.63, 3.8) is 0 Å². The zero-order valence-electron chi connectivity index (χ0n) is 11.7. The molecule has 0 aliphatic rings. The van der Waals surface area contributed by atoms with Crippen molar-refractivity contribution in [2.24, 2.45) is 0 Å². The predicted molar refractivity (Wildman–Crippen MR) is 95.2 cm³/mol. The van der Waals surface area contributed by atoms with Crippen molar-refractivity contribution >= 4 is 44.0 Å². The normalized spacial score (nSPS) is 10.8. The van der Waals surface area contributed by atoms with Gasteiger partial charge in [0.1, 0.15) is 0 Å². The van der Waals surface area contributed by atoms with E-state index in [-0.39, 0.29) is 0 Å². The van der Waals surface area contributed by atoms with Crippen LogP contribution in [-0.4, -0.2) is 0 Å². The second kappa shape index (κ2) is 6.08. The van der Waals surface area contributed by atoms with Crippen LogP contribution in [0.15, 0.2) is 59.1 Å². The summed E-state index contributed by atoms with van der Waals surface area (Å²) in [7, 11) is 0. The number of hydrogen-bond acceptors (Lipinski definition) is 1. The molecule has 1 N–H and O–H groups in total. The molecule has 0 aliphatic carbocycles. The van der Waals surface area contributed by atoms with E-state index in [4.69, 9.17) is 11.6 Å². The smallest absolute Gasteiger partial charge is 0.0502 e. The van der Waals surface area contributed by atoms with Crippen LogP contribution in [0.5, 0.6) is 0 Å². The van der Waals surface area contributed by atoms with Crippen LogP contribution in [0.25, 0.3) is 10.8 Å². The molecule has 0 unspecified atom stereocenters. The van der Waals surface area contributed by atoms with E-state index in [2.05, 4.69) is 63.7 Å². The van der Waals surface area contributed by atoms with Gasteiger partial charge in [0.05, 0.1) is 5.69 Å². The average Bonchev–Trinajstić information content (AvgIpc) is 2.49. The van der Waals surface area contributed by atoms with Gasteiger partial charge < -0.3 is 5.32 Å². The third kappa shape index (κ3) is 3.07. The molecule has 0 aromatic heterocycles. The van der Waals surface area contributed by atoms with Crippen LogP contribution in [-0.2, 0) is 6.54 Å². The molecule has 3 heteroatoms. The van der Waals surface area contributed by atoms with Crippen molar-refractivity contribution in [2.75, 3.05) is 5.32 Å². The summed E-state index contributed by atoms with van der Waals surface area (Å²) in [6.07, 6.45) is 0. The number of anilines is 1. The summed E-state index contributed by atoms with van der Waals surface area (Å²) in [5.74, 6) is 0. The SMILES string of the molecule is Cc1cc(Br)c(NCc2cccc3ccccc23)cc1Cl. The minimum atomic E-state index is 0.763. The van der Waals surface area contributed by atoms with Crippen LogP contribution < -0.4 is 5.32 Å². The first-order valence-corrected chi connectivity index (χ1v) is 7.98. The van der Waals surface area contributed by atoms with E-state index in [1.165, 1.54) is 16.3 Å². The molecule has 0 bridgehead atoms. The van der Waals surface area contributed by atoms with Gasteiger partial charge in [0.2, 0.25) is 0 Å². The molecular formula is C18H15BrClN. The first-order chi connectivity index (χ1) is 10.1. The molecule has 21 heavy (non-hydrogen) atoms. The zero-order valence-corrected chi connectivity index (χ0v) is 14.0. The number of nitrogens with one attached hydrogen (secondary N) is 1. The lowest BCUT2D eigenvalue weighted by molar-refractivity contribution is 1.16. The van der Waals surface area contributed by atoms with Crippen molar-refractivity contribution < 1.29 is 0 Å². The highest BCUT2D eigenvalue weighted by Gasteiger charge is 2.05. The molecule has 0 aliphatic heterocycles. The topological polar surface area (TPSA) is 12.0 Å². The third-order valence-corrected chi connectivity index (χ3v) is 4.66. The largest absolute Gasteiger partial charge is 0.380 e. The quantitative estimate of drug-likeness (QED) is 0.588. The molecule has 0 saturated heterocycles. The van der Waals surface area contributed by atoms with E-state index in [0.717, 1.165) is 27.3 Å². The highest BCUT2D eigenvalue weighted by atomic mass is 79.9. The van der Waals surface area contributed by atoms with Gasteiger partial charge in [-0.15, -0.1) is 0 Å². The maximum absolute atomic E-state index is 6.20. The Kier molecular flexibility index (Phi) is 4.18. The fraction of sp³-hybridized carbons (Fsp3) is 0.111. The highest BCUT2D eigenvalue weighted by Crippen LogP contribution is 2.30. The Labute approximate surface area is 138 Å². The Balaban J connectivity index is 1.89. The predicted octanol–water partition coefficient (Wildman–Crippen LogP) is 6.18. The lowest BCUT2D eigenvalue weighted by atomic mass is 10.0. The maximum Gasteiger partial charge on any atom is 0.0502 e. The van der Waals surface area contributed by atoms with Gasteiger partial charge in [-0.2, -0.15) is 0 Å². The van der Waals surface area contributed by atoms with E-state index >= 15 is 0 Å². The molecule has 0 heterocycles. The first-order valence-electron chi connectivity index (χ1n) is 6.81. The summed E-state index contributed by atoms with van der Waals surface area (Å²) < 4.78 is 1.03. The standard InChI is InChI=1S/C18H15BrClN/c1-12-9-16(19)18(10-17(12)20)21-11-14-7-4-6-13-5-2-3-8-15(13)14/h2-10,21H,11H2,1H3. The Bertz CT molecular complexity index is 793. The van der Waals surface area contributed by atoms with Crippen LogP contribution in [0.1, 0.15) is 11.1 Å². The van der Waals surface area contributed by atoms with E-state index in [1.807, 2.05) is 19.1 Å². The molecule has 3 aromatic rings. The summed E-state index contributed by atoms with van der Waals surface area (Å²) in [4.78, 5) is 0. The fourth-order valence-electron chi connectivity index (χ4n) is 2.42. The minimum Gasteiger partial charge on any atom is -0.380 e. The zero-order chi connectivity index (χ0) is 14.8. The number of halogens is 2. The van der Waals surface area contributed by atoms with Gasteiger partial charge in [-0.05, 0) is 56.9 Å². The molecule has 106 valence electrons. The Hall–Kier alpha value is -1.51. The van der Waals surface area contributed by atoms with Gasteiger partial charge in [0, 0.05) is 16.0 Å². The monoisotopic (exact) mass is 359 g/mol. The number of benzene rings is 3. The number of fused-ring (bicyclic) bond motifs is 1. The van der Waals surface area contributed by atoms with Gasteiger partial charge in [0.25, 0.3) is 0 Å². The Morgan fingerprint density at radius 1 is 1.05 bits per heavy atom. The molecule has 0 atom stereocenters. The molecule has 0 fully saturated rings. The van der Waals surface area contributed by atoms with E-state index in [1.54, 1.807) is 0 Å². The van der Waals surface area contributed by atoms with Gasteiger partial charge >= 0.3 is 0 Å². The molecule has 0 saturated carbocycles. The lowest BCUT2D eigenvalue weighted by Gasteiger charge is -2.12. The first kappa shape index (κ1) is 14.4. The van der Waals surface area contributed by atoms with Crippen LogP contribution in [0.4, 0.5) is 5.69 Å². The van der Waals surface area contributed by atoms with Crippen molar-refractivity contribution in [1.29, 1.82) is 0 Å². The molecule has 0 radical (unpaired) electrons. The van der Waals surface area contributed by atoms with Gasteiger partial charge in [0.15, 0.2) is 0 Å². The highest BCUT2D eigenvalue weighted by molar-refractivity contribution is 9.10. The van der Waals surface area contributed by atoms with Crippen LogP contribution in [0.3, 0.4) is 0 Å². The van der Waals surface area contributed by atoms with E-state index in [9.17, 15) is 0 Å². The summed E-state index contributed by atoms with van der Waals surface area (Å²) in [6.45, 7) is 2.76. The maximum atomic E-state index is 6.20. The van der Waals surface area contributed by atoms with Crippen molar-refractivity contribution in [1.82, 2.24) is 0 Å². The van der Waals surface area contributed by atoms with Crippen LogP contribution in [0, 0.1) is 6.92 Å². The summed E-state index contributed by atoms with van der Waals surface area (Å²) in [5.41, 5.74) is 3.36. The minimum absolute atomic E-state index is 0.763.